The summed E-state index contributed by atoms with van der Waals surface area (Å²) in [7, 11) is 0. The molecule has 1 amide bonds. The molecular formula is C4H7NO3. The van der Waals surface area contributed by atoms with Crippen molar-refractivity contribution in [3.8, 4) is 0 Å². The van der Waals surface area contributed by atoms with E-state index in [4.69, 9.17) is 5.11 Å². The zero-order chi connectivity index (χ0) is 6.41. The first kappa shape index (κ1) is 7.10. The molecule has 46 valence electrons. The normalized spacial score (nSPS) is 8.12. The quantitative estimate of drug-likeness (QED) is 0.272. The summed E-state index contributed by atoms with van der Waals surface area (Å²) in [4.78, 5) is 19.7. The second-order valence-electron chi connectivity index (χ2n) is 1.13. The number of aldehydes is 1. The lowest BCUT2D eigenvalue weighted by molar-refractivity contribution is -0.124. The molecule has 0 bridgehead atoms. The van der Waals surface area contributed by atoms with Crippen LogP contribution < -0.4 is 5.32 Å². The van der Waals surface area contributed by atoms with Crippen LogP contribution in [0.1, 0.15) is 6.42 Å². The number of amides is 1. The molecule has 0 saturated heterocycles. The lowest BCUT2D eigenvalue weighted by Gasteiger charge is -1.92. The monoisotopic (exact) mass is 117 g/mol. The molecule has 0 aliphatic rings. The van der Waals surface area contributed by atoms with Gasteiger partial charge in [0.1, 0.15) is 13.0 Å². The maximum Gasteiger partial charge on any atom is 0.228 e. The summed E-state index contributed by atoms with van der Waals surface area (Å²) in [6.45, 7) is -0.410. The van der Waals surface area contributed by atoms with E-state index in [1.165, 1.54) is 0 Å². The van der Waals surface area contributed by atoms with Crippen molar-refractivity contribution in [1.29, 1.82) is 0 Å². The summed E-state index contributed by atoms with van der Waals surface area (Å²) >= 11 is 0. The van der Waals surface area contributed by atoms with Crippen molar-refractivity contribution < 1.29 is 14.7 Å². The van der Waals surface area contributed by atoms with Gasteiger partial charge in [0.25, 0.3) is 0 Å². The van der Waals surface area contributed by atoms with E-state index in [1.54, 1.807) is 0 Å². The molecule has 4 heteroatoms. The highest BCUT2D eigenvalue weighted by Crippen LogP contribution is 1.68. The second kappa shape index (κ2) is 4.26. The predicted octanol–water partition coefficient (Wildman–Crippen LogP) is -1.36. The van der Waals surface area contributed by atoms with Crippen LogP contribution in [0.4, 0.5) is 0 Å². The Morgan fingerprint density at radius 1 is 1.75 bits per heavy atom. The molecule has 0 fully saturated rings. The maximum absolute atomic E-state index is 10.1. The van der Waals surface area contributed by atoms with E-state index in [9.17, 15) is 9.59 Å². The molecule has 0 aromatic heterocycles. The van der Waals surface area contributed by atoms with Crippen LogP contribution in [0.2, 0.25) is 0 Å². The molecule has 0 aliphatic carbocycles. The van der Waals surface area contributed by atoms with Crippen molar-refractivity contribution in [1.82, 2.24) is 5.32 Å². The topological polar surface area (TPSA) is 66.4 Å². The van der Waals surface area contributed by atoms with Gasteiger partial charge in [-0.2, -0.15) is 0 Å². The Bertz CT molecular complexity index is 91.3. The van der Waals surface area contributed by atoms with Crippen molar-refractivity contribution in [2.45, 2.75) is 6.42 Å². The number of rotatable bonds is 3. The Hall–Kier alpha value is -0.900. The third-order valence-corrected chi connectivity index (χ3v) is 0.545. The minimum atomic E-state index is -0.456. The number of aliphatic hydroxyl groups excluding tert-OH is 1. The van der Waals surface area contributed by atoms with E-state index in [1.807, 2.05) is 5.32 Å². The number of carbonyl (C=O) groups is 2. The van der Waals surface area contributed by atoms with Crippen LogP contribution in [0, 0.1) is 0 Å². The van der Waals surface area contributed by atoms with Crippen molar-refractivity contribution in [2.24, 2.45) is 0 Å². The summed E-state index contributed by atoms with van der Waals surface area (Å²) in [5.74, 6) is -0.456. The van der Waals surface area contributed by atoms with Crippen LogP contribution in [-0.2, 0) is 9.59 Å². The van der Waals surface area contributed by atoms with E-state index >= 15 is 0 Å². The van der Waals surface area contributed by atoms with Crippen molar-refractivity contribution >= 4 is 12.2 Å². The summed E-state index contributed by atoms with van der Waals surface area (Å²) in [6.07, 6.45) is 0.297. The van der Waals surface area contributed by atoms with Gasteiger partial charge in [-0.05, 0) is 0 Å². The molecule has 2 N–H and O–H groups in total. The van der Waals surface area contributed by atoms with Crippen LogP contribution in [0.15, 0.2) is 0 Å². The van der Waals surface area contributed by atoms with Crippen molar-refractivity contribution in [2.75, 3.05) is 6.73 Å². The molecule has 0 rings (SSSR count). The molecule has 0 aliphatic heterocycles. The largest absolute Gasteiger partial charge is 0.377 e. The highest BCUT2D eigenvalue weighted by molar-refractivity contribution is 5.87. The minimum Gasteiger partial charge on any atom is -0.377 e. The predicted molar refractivity (Wildman–Crippen MR) is 25.9 cm³/mol. The van der Waals surface area contributed by atoms with Gasteiger partial charge in [-0.3, -0.25) is 4.79 Å². The third kappa shape index (κ3) is 3.30. The average Bonchev–Trinajstić information content (AvgIpc) is 1.68. The fourth-order valence-corrected chi connectivity index (χ4v) is 0.236. The Kier molecular flexibility index (Phi) is 3.78. The standard InChI is InChI=1S/C4H7NO3/c6-2-1-4(8)5-3-7/h2,7H,1,3H2,(H,5,8). The Labute approximate surface area is 46.5 Å². The van der Waals surface area contributed by atoms with E-state index < -0.39 is 12.6 Å². The number of aliphatic hydroxyl groups is 1. The van der Waals surface area contributed by atoms with Gasteiger partial charge >= 0.3 is 0 Å². The summed E-state index contributed by atoms with van der Waals surface area (Å²) in [6, 6.07) is 0. The minimum absolute atomic E-state index is 0.180. The summed E-state index contributed by atoms with van der Waals surface area (Å²) in [5.41, 5.74) is 0. The first-order valence-corrected chi connectivity index (χ1v) is 2.12. The van der Waals surface area contributed by atoms with Gasteiger partial charge in [0, 0.05) is 0 Å². The molecule has 0 radical (unpaired) electrons. The lowest BCUT2D eigenvalue weighted by atomic mass is 10.4. The smallest absolute Gasteiger partial charge is 0.228 e. The number of nitrogens with one attached hydrogen (secondary N) is 1. The van der Waals surface area contributed by atoms with E-state index in [0.717, 1.165) is 0 Å². The molecule has 0 atom stereocenters. The van der Waals surface area contributed by atoms with E-state index in [2.05, 4.69) is 0 Å². The first-order valence-electron chi connectivity index (χ1n) is 2.12. The average molecular weight is 117 g/mol. The summed E-state index contributed by atoms with van der Waals surface area (Å²) in [5, 5.41) is 10.0. The van der Waals surface area contributed by atoms with Crippen LogP contribution in [-0.4, -0.2) is 24.0 Å². The van der Waals surface area contributed by atoms with Crippen LogP contribution in [0.5, 0.6) is 0 Å². The molecule has 0 spiro atoms. The molecule has 4 nitrogen and oxygen atoms in total. The lowest BCUT2D eigenvalue weighted by Crippen LogP contribution is -2.23. The zero-order valence-electron chi connectivity index (χ0n) is 4.26. The fourth-order valence-electron chi connectivity index (χ4n) is 0.236. The molecule has 0 unspecified atom stereocenters. The van der Waals surface area contributed by atoms with Crippen LogP contribution >= 0.6 is 0 Å². The molecule has 0 aromatic rings. The van der Waals surface area contributed by atoms with E-state index in [-0.39, 0.29) is 6.42 Å². The van der Waals surface area contributed by atoms with Gasteiger partial charge in [-0.25, -0.2) is 0 Å². The first-order chi connectivity index (χ1) is 3.81. The fraction of sp³-hybridized carbons (Fsp3) is 0.500. The van der Waals surface area contributed by atoms with Gasteiger partial charge in [-0.1, -0.05) is 0 Å². The highest BCUT2D eigenvalue weighted by atomic mass is 16.3. The number of hydrogen-bond acceptors (Lipinski definition) is 3. The van der Waals surface area contributed by atoms with E-state index in [0.29, 0.717) is 6.29 Å². The zero-order valence-corrected chi connectivity index (χ0v) is 4.26. The van der Waals surface area contributed by atoms with Gasteiger partial charge in [0.15, 0.2) is 0 Å². The highest BCUT2D eigenvalue weighted by Gasteiger charge is 1.93. The number of hydrogen-bond donors (Lipinski definition) is 2. The number of carbonyl (C=O) groups excluding carboxylic acids is 2. The second-order valence-corrected chi connectivity index (χ2v) is 1.13. The van der Waals surface area contributed by atoms with Crippen LogP contribution in [0.25, 0.3) is 0 Å². The van der Waals surface area contributed by atoms with Crippen molar-refractivity contribution in [3.63, 3.8) is 0 Å². The maximum atomic E-state index is 10.1. The molecule has 0 aromatic carbocycles. The van der Waals surface area contributed by atoms with Gasteiger partial charge in [0.05, 0.1) is 6.42 Å². The third-order valence-electron chi connectivity index (χ3n) is 0.545. The Morgan fingerprint density at radius 3 is 2.75 bits per heavy atom. The Morgan fingerprint density at radius 2 is 2.38 bits per heavy atom. The van der Waals surface area contributed by atoms with Crippen LogP contribution in [0.3, 0.4) is 0 Å². The molecule has 0 heterocycles. The SMILES string of the molecule is O=CCC(=O)NCO. The van der Waals surface area contributed by atoms with Gasteiger partial charge in [0.2, 0.25) is 5.91 Å². The molecule has 0 saturated carbocycles. The van der Waals surface area contributed by atoms with Crippen molar-refractivity contribution in [3.05, 3.63) is 0 Å². The van der Waals surface area contributed by atoms with Gasteiger partial charge < -0.3 is 15.2 Å². The molecule has 8 heavy (non-hydrogen) atoms. The van der Waals surface area contributed by atoms with Gasteiger partial charge in [-0.15, -0.1) is 0 Å². The molecular weight excluding hydrogens is 110 g/mol. The summed E-state index contributed by atoms with van der Waals surface area (Å²) < 4.78 is 0. The Balaban J connectivity index is 3.18.